The van der Waals surface area contributed by atoms with Gasteiger partial charge in [-0.05, 0) is 48.9 Å². The number of benzene rings is 1. The number of hydrogen-bond donors (Lipinski definition) is 1. The van der Waals surface area contributed by atoms with E-state index in [1.165, 1.54) is 12.1 Å². The zero-order chi connectivity index (χ0) is 13.7. The van der Waals surface area contributed by atoms with E-state index in [1.807, 2.05) is 0 Å². The van der Waals surface area contributed by atoms with Crippen LogP contribution < -0.4 is 5.32 Å². The first-order valence-corrected chi connectivity index (χ1v) is 6.42. The molecule has 102 valence electrons. The van der Waals surface area contributed by atoms with Crippen LogP contribution in [0, 0.1) is 0 Å². The van der Waals surface area contributed by atoms with Crippen LogP contribution in [0.1, 0.15) is 36.0 Å². The molecule has 1 atom stereocenters. The molecule has 19 heavy (non-hydrogen) atoms. The van der Waals surface area contributed by atoms with Gasteiger partial charge in [-0.15, -0.1) is 0 Å². The summed E-state index contributed by atoms with van der Waals surface area (Å²) in [5, 5.41) is 2.76. The Morgan fingerprint density at radius 1 is 1.21 bits per heavy atom. The van der Waals surface area contributed by atoms with Crippen LogP contribution in [0.15, 0.2) is 18.2 Å². The van der Waals surface area contributed by atoms with Gasteiger partial charge in [-0.1, -0.05) is 6.07 Å². The molecule has 0 bridgehead atoms. The molecule has 3 rings (SSSR count). The molecule has 1 aliphatic carbocycles. The van der Waals surface area contributed by atoms with Crippen molar-refractivity contribution in [2.45, 2.75) is 37.3 Å². The summed E-state index contributed by atoms with van der Waals surface area (Å²) in [6, 6.07) is 3.83. The molecule has 1 unspecified atom stereocenters. The lowest BCUT2D eigenvalue weighted by Gasteiger charge is -2.33. The van der Waals surface area contributed by atoms with Crippen LogP contribution in [0.3, 0.4) is 0 Å². The summed E-state index contributed by atoms with van der Waals surface area (Å²) in [5.74, 6) is -0.118. The van der Waals surface area contributed by atoms with E-state index in [-0.39, 0.29) is 5.91 Å². The first-order chi connectivity index (χ1) is 8.93. The first kappa shape index (κ1) is 12.5. The smallest absolute Gasteiger partial charge is 0.355 e. The minimum Gasteiger partial charge on any atom is -0.355 e. The zero-order valence-electron chi connectivity index (χ0n) is 10.3. The Morgan fingerprint density at radius 2 is 2.00 bits per heavy atom. The molecular formula is C14H14F3NO. The highest BCUT2D eigenvalue weighted by Gasteiger charge is 2.47. The molecule has 2 aliphatic rings. The van der Waals surface area contributed by atoms with E-state index in [0.29, 0.717) is 24.9 Å². The summed E-state index contributed by atoms with van der Waals surface area (Å²) < 4.78 is 38.5. The summed E-state index contributed by atoms with van der Waals surface area (Å²) in [6.07, 6.45) is -1.51. The molecule has 0 radical (unpaired) electrons. The number of fused-ring (bicyclic) bond motifs is 2. The van der Waals surface area contributed by atoms with Crippen LogP contribution in [-0.4, -0.2) is 12.5 Å². The summed E-state index contributed by atoms with van der Waals surface area (Å²) in [4.78, 5) is 12.1. The van der Waals surface area contributed by atoms with E-state index in [1.54, 1.807) is 0 Å². The lowest BCUT2D eigenvalue weighted by atomic mass is 9.68. The Bertz CT molecular complexity index is 538. The highest BCUT2D eigenvalue weighted by Crippen LogP contribution is 2.44. The molecule has 0 aromatic heterocycles. The number of carbonyl (C=O) groups is 1. The molecule has 1 heterocycles. The standard InChI is InChI=1S/C14H14F3NO/c15-14(16,17)10-4-3-9-2-1-5-13(11(9)8-10)6-7-18-12(13)19/h3-4,8H,1-2,5-7H2,(H,18,19). The summed E-state index contributed by atoms with van der Waals surface area (Å²) >= 11 is 0. The Kier molecular flexibility index (Phi) is 2.62. The number of amides is 1. The topological polar surface area (TPSA) is 29.1 Å². The predicted octanol–water partition coefficient (Wildman–Crippen LogP) is 2.80. The van der Waals surface area contributed by atoms with Gasteiger partial charge in [-0.2, -0.15) is 13.2 Å². The van der Waals surface area contributed by atoms with Gasteiger partial charge in [0.2, 0.25) is 5.91 Å². The van der Waals surface area contributed by atoms with Crippen molar-refractivity contribution in [3.63, 3.8) is 0 Å². The molecule has 1 aromatic carbocycles. The molecule has 5 heteroatoms. The second-order valence-corrected chi connectivity index (χ2v) is 5.31. The van der Waals surface area contributed by atoms with Gasteiger partial charge in [-0.3, -0.25) is 4.79 Å². The van der Waals surface area contributed by atoms with Crippen molar-refractivity contribution >= 4 is 5.91 Å². The number of halogens is 3. The van der Waals surface area contributed by atoms with Crippen LogP contribution in [0.4, 0.5) is 13.2 Å². The fourth-order valence-electron chi connectivity index (χ4n) is 3.30. The molecule has 1 spiro atoms. The number of hydrogen-bond acceptors (Lipinski definition) is 1. The quantitative estimate of drug-likeness (QED) is 0.771. The molecule has 2 nitrogen and oxygen atoms in total. The van der Waals surface area contributed by atoms with Gasteiger partial charge in [-0.25, -0.2) is 0 Å². The van der Waals surface area contributed by atoms with Crippen molar-refractivity contribution in [3.05, 3.63) is 34.9 Å². The summed E-state index contributed by atoms with van der Waals surface area (Å²) in [5.41, 5.74) is 0.0848. The average molecular weight is 269 g/mol. The third-order valence-corrected chi connectivity index (χ3v) is 4.27. The molecule has 1 fully saturated rings. The first-order valence-electron chi connectivity index (χ1n) is 6.42. The number of carbonyl (C=O) groups excluding carboxylic acids is 1. The normalized spacial score (nSPS) is 26.4. The minimum absolute atomic E-state index is 0.118. The highest BCUT2D eigenvalue weighted by molar-refractivity contribution is 5.91. The van der Waals surface area contributed by atoms with Gasteiger partial charge in [0.25, 0.3) is 0 Å². The fraction of sp³-hybridized carbons (Fsp3) is 0.500. The van der Waals surface area contributed by atoms with Crippen LogP contribution in [0.5, 0.6) is 0 Å². The van der Waals surface area contributed by atoms with Crippen LogP contribution in [0.25, 0.3) is 0 Å². The van der Waals surface area contributed by atoms with E-state index in [4.69, 9.17) is 0 Å². The van der Waals surface area contributed by atoms with E-state index in [2.05, 4.69) is 5.32 Å². The summed E-state index contributed by atoms with van der Waals surface area (Å²) in [6.45, 7) is 0.550. The number of nitrogens with one attached hydrogen (secondary N) is 1. The van der Waals surface area contributed by atoms with Crippen LogP contribution in [0.2, 0.25) is 0 Å². The van der Waals surface area contributed by atoms with E-state index in [9.17, 15) is 18.0 Å². The maximum Gasteiger partial charge on any atom is 0.416 e. The average Bonchev–Trinajstić information content (AvgIpc) is 2.71. The number of rotatable bonds is 0. The minimum atomic E-state index is -4.36. The molecular weight excluding hydrogens is 255 g/mol. The van der Waals surface area contributed by atoms with E-state index in [0.717, 1.165) is 24.5 Å². The van der Waals surface area contributed by atoms with Crippen LogP contribution in [-0.2, 0) is 22.8 Å². The van der Waals surface area contributed by atoms with E-state index < -0.39 is 17.2 Å². The maximum absolute atomic E-state index is 12.8. The zero-order valence-corrected chi connectivity index (χ0v) is 10.3. The van der Waals surface area contributed by atoms with Crippen molar-refractivity contribution < 1.29 is 18.0 Å². The Morgan fingerprint density at radius 3 is 2.63 bits per heavy atom. The monoisotopic (exact) mass is 269 g/mol. The van der Waals surface area contributed by atoms with Gasteiger partial charge in [0.15, 0.2) is 0 Å². The SMILES string of the molecule is O=C1NCCC12CCCc1ccc(C(F)(F)F)cc12. The molecule has 1 N–H and O–H groups in total. The second kappa shape index (κ2) is 3.99. The molecule has 1 amide bonds. The Hall–Kier alpha value is -1.52. The van der Waals surface area contributed by atoms with Crippen molar-refractivity contribution in [1.82, 2.24) is 5.32 Å². The van der Waals surface area contributed by atoms with Gasteiger partial charge in [0, 0.05) is 6.54 Å². The van der Waals surface area contributed by atoms with Crippen LogP contribution >= 0.6 is 0 Å². The summed E-state index contributed by atoms with van der Waals surface area (Å²) in [7, 11) is 0. The largest absolute Gasteiger partial charge is 0.416 e. The lowest BCUT2D eigenvalue weighted by molar-refractivity contribution is -0.138. The fourth-order valence-corrected chi connectivity index (χ4v) is 3.30. The van der Waals surface area contributed by atoms with Crippen molar-refractivity contribution in [1.29, 1.82) is 0 Å². The number of aryl methyl sites for hydroxylation is 1. The molecule has 1 aromatic rings. The van der Waals surface area contributed by atoms with Gasteiger partial charge in [0.1, 0.15) is 0 Å². The Labute approximate surface area is 109 Å². The lowest BCUT2D eigenvalue weighted by Crippen LogP contribution is -2.38. The van der Waals surface area contributed by atoms with Crippen molar-refractivity contribution in [2.24, 2.45) is 0 Å². The molecule has 0 saturated carbocycles. The predicted molar refractivity (Wildman–Crippen MR) is 63.7 cm³/mol. The van der Waals surface area contributed by atoms with Crippen molar-refractivity contribution in [3.8, 4) is 0 Å². The van der Waals surface area contributed by atoms with Gasteiger partial charge < -0.3 is 5.32 Å². The third-order valence-electron chi connectivity index (χ3n) is 4.27. The number of alkyl halides is 3. The third kappa shape index (κ3) is 1.83. The van der Waals surface area contributed by atoms with E-state index >= 15 is 0 Å². The maximum atomic E-state index is 12.8. The molecule has 1 saturated heterocycles. The second-order valence-electron chi connectivity index (χ2n) is 5.31. The highest BCUT2D eigenvalue weighted by atomic mass is 19.4. The van der Waals surface area contributed by atoms with Crippen molar-refractivity contribution in [2.75, 3.05) is 6.54 Å². The van der Waals surface area contributed by atoms with Gasteiger partial charge in [0.05, 0.1) is 11.0 Å². The molecule has 1 aliphatic heterocycles. The van der Waals surface area contributed by atoms with Gasteiger partial charge >= 0.3 is 6.18 Å². The Balaban J connectivity index is 2.15.